The van der Waals surface area contributed by atoms with E-state index in [1.165, 1.54) is 5.56 Å². The van der Waals surface area contributed by atoms with Crippen molar-refractivity contribution in [2.24, 2.45) is 0 Å². The predicted octanol–water partition coefficient (Wildman–Crippen LogP) is 4.32. The first-order valence-corrected chi connectivity index (χ1v) is 13.0. The maximum absolute atomic E-state index is 13.7. The first-order chi connectivity index (χ1) is 16.6. The van der Waals surface area contributed by atoms with Gasteiger partial charge < -0.3 is 9.64 Å². The first kappa shape index (κ1) is 23.9. The van der Waals surface area contributed by atoms with Crippen molar-refractivity contribution in [1.82, 2.24) is 18.9 Å². The van der Waals surface area contributed by atoms with Crippen LogP contribution in [0.4, 0.5) is 0 Å². The normalized spacial score (nSPS) is 18.6. The van der Waals surface area contributed by atoms with Gasteiger partial charge in [0.05, 0.1) is 34.3 Å². The summed E-state index contributed by atoms with van der Waals surface area (Å²) in [5.41, 5.74) is 3.18. The summed E-state index contributed by atoms with van der Waals surface area (Å²) in [5.74, 6) is 0. The average Bonchev–Trinajstić information content (AvgIpc) is 3.13. The van der Waals surface area contributed by atoms with E-state index >= 15 is 0 Å². The Hall–Kier alpha value is -1.83. The molecule has 0 radical (unpaired) electrons. The third-order valence-corrected chi connectivity index (χ3v) is 7.95. The Bertz CT molecular complexity index is 1160. The summed E-state index contributed by atoms with van der Waals surface area (Å²) in [6.45, 7) is 7.80. The van der Waals surface area contributed by atoms with Gasteiger partial charge in [0.2, 0.25) is 0 Å². The molecule has 3 heterocycles. The van der Waals surface area contributed by atoms with Gasteiger partial charge >= 0.3 is 5.69 Å². The number of piperidine rings is 1. The second-order valence-electron chi connectivity index (χ2n) is 9.32. The van der Waals surface area contributed by atoms with Crippen LogP contribution in [0.25, 0.3) is 11.0 Å². The predicted molar refractivity (Wildman–Crippen MR) is 138 cm³/mol. The third-order valence-electron chi connectivity index (χ3n) is 7.23. The molecule has 0 amide bonds. The van der Waals surface area contributed by atoms with Crippen LogP contribution in [0.5, 0.6) is 0 Å². The number of benzene rings is 2. The second kappa shape index (κ2) is 10.8. The van der Waals surface area contributed by atoms with Crippen LogP contribution in [0.1, 0.15) is 24.4 Å². The van der Waals surface area contributed by atoms with E-state index in [1.807, 2.05) is 21.3 Å². The molecule has 0 saturated carbocycles. The maximum Gasteiger partial charge on any atom is 0.329 e. The lowest BCUT2D eigenvalue weighted by atomic mass is 10.0. The number of imidazole rings is 1. The van der Waals surface area contributed by atoms with Crippen LogP contribution in [-0.4, -0.2) is 71.4 Å². The molecule has 5 rings (SSSR count). The zero-order valence-corrected chi connectivity index (χ0v) is 21.0. The van der Waals surface area contributed by atoms with Crippen molar-refractivity contribution in [3.63, 3.8) is 0 Å². The van der Waals surface area contributed by atoms with Crippen molar-refractivity contribution in [3.8, 4) is 0 Å². The highest BCUT2D eigenvalue weighted by Crippen LogP contribution is 2.31. The number of likely N-dealkylation sites (tertiary alicyclic amines) is 1. The largest absolute Gasteiger partial charge is 0.379 e. The highest BCUT2D eigenvalue weighted by atomic mass is 35.5. The summed E-state index contributed by atoms with van der Waals surface area (Å²) in [6, 6.07) is 14.5. The Labute approximate surface area is 210 Å². The van der Waals surface area contributed by atoms with Crippen LogP contribution in [0.15, 0.2) is 47.3 Å². The topological polar surface area (TPSA) is 42.6 Å². The van der Waals surface area contributed by atoms with Gasteiger partial charge in [0, 0.05) is 51.9 Å². The number of aromatic nitrogens is 2. The fraction of sp³-hybridized carbons (Fsp3) is 0.500. The van der Waals surface area contributed by atoms with E-state index in [2.05, 4.69) is 40.1 Å². The molecular weight excluding hydrogens is 471 g/mol. The molecule has 8 heteroatoms. The minimum absolute atomic E-state index is 0.0457. The third kappa shape index (κ3) is 5.21. The molecule has 0 bridgehead atoms. The van der Waals surface area contributed by atoms with E-state index < -0.39 is 0 Å². The minimum atomic E-state index is 0.0457. The quantitative estimate of drug-likeness (QED) is 0.482. The summed E-state index contributed by atoms with van der Waals surface area (Å²) in [6.07, 6.45) is 2.97. The number of nitrogens with zero attached hydrogens (tertiary/aromatic N) is 4. The molecule has 1 aromatic heterocycles. The lowest BCUT2D eigenvalue weighted by molar-refractivity contribution is 0.0364. The Balaban J connectivity index is 1.33. The molecule has 34 heavy (non-hydrogen) atoms. The van der Waals surface area contributed by atoms with E-state index in [4.69, 9.17) is 27.9 Å². The molecule has 2 saturated heterocycles. The van der Waals surface area contributed by atoms with Gasteiger partial charge in [0.1, 0.15) is 0 Å². The Morgan fingerprint density at radius 1 is 0.824 bits per heavy atom. The van der Waals surface area contributed by atoms with Gasteiger partial charge in [-0.15, -0.1) is 0 Å². The maximum atomic E-state index is 13.7. The smallest absolute Gasteiger partial charge is 0.329 e. The fourth-order valence-electron chi connectivity index (χ4n) is 5.24. The molecule has 0 unspecified atom stereocenters. The van der Waals surface area contributed by atoms with Crippen LogP contribution in [0.3, 0.4) is 0 Å². The second-order valence-corrected chi connectivity index (χ2v) is 10.1. The standard InChI is InChI=1S/C26H32Cl2N4O2/c27-22-18-24-25(19-23(22)28)32(26(33)31(24)13-12-30-14-16-34-17-15-30)21-7-10-29(11-8-21)9-6-20-4-2-1-3-5-20/h1-5,18-19,21H,6-17H2. The number of rotatable bonds is 7. The molecule has 3 aromatic rings. The van der Waals surface area contributed by atoms with Crippen molar-refractivity contribution in [2.45, 2.75) is 31.8 Å². The molecule has 0 spiro atoms. The monoisotopic (exact) mass is 502 g/mol. The van der Waals surface area contributed by atoms with Gasteiger partial charge in [0.25, 0.3) is 0 Å². The van der Waals surface area contributed by atoms with Gasteiger partial charge in [-0.05, 0) is 37.0 Å². The Morgan fingerprint density at radius 2 is 1.47 bits per heavy atom. The number of halogens is 2. The molecule has 2 aliphatic heterocycles. The summed E-state index contributed by atoms with van der Waals surface area (Å²) >= 11 is 12.8. The van der Waals surface area contributed by atoms with Crippen molar-refractivity contribution in [3.05, 3.63) is 68.6 Å². The first-order valence-electron chi connectivity index (χ1n) is 12.3. The van der Waals surface area contributed by atoms with Crippen LogP contribution in [0, 0.1) is 0 Å². The van der Waals surface area contributed by atoms with Gasteiger partial charge in [-0.2, -0.15) is 0 Å². The minimum Gasteiger partial charge on any atom is -0.379 e. The zero-order valence-electron chi connectivity index (χ0n) is 19.5. The lowest BCUT2D eigenvalue weighted by Gasteiger charge is -2.32. The van der Waals surface area contributed by atoms with Gasteiger partial charge in [0.15, 0.2) is 0 Å². The van der Waals surface area contributed by atoms with E-state index in [1.54, 1.807) is 0 Å². The van der Waals surface area contributed by atoms with Crippen LogP contribution < -0.4 is 5.69 Å². The molecule has 0 atom stereocenters. The van der Waals surface area contributed by atoms with E-state index in [0.29, 0.717) is 16.6 Å². The van der Waals surface area contributed by atoms with Gasteiger partial charge in [-0.25, -0.2) is 4.79 Å². The number of morpholine rings is 1. The number of hydrogen-bond donors (Lipinski definition) is 0. The van der Waals surface area contributed by atoms with Crippen LogP contribution in [0.2, 0.25) is 10.0 Å². The summed E-state index contributed by atoms with van der Waals surface area (Å²) in [5, 5.41) is 0.982. The van der Waals surface area contributed by atoms with E-state index in [9.17, 15) is 4.79 Å². The lowest BCUT2D eigenvalue weighted by Crippen LogP contribution is -2.40. The Kier molecular flexibility index (Phi) is 7.61. The van der Waals surface area contributed by atoms with Gasteiger partial charge in [-0.3, -0.25) is 14.0 Å². The molecule has 6 nitrogen and oxygen atoms in total. The Morgan fingerprint density at radius 3 is 2.18 bits per heavy atom. The van der Waals surface area contributed by atoms with Crippen molar-refractivity contribution in [2.75, 3.05) is 52.5 Å². The van der Waals surface area contributed by atoms with Crippen molar-refractivity contribution < 1.29 is 4.74 Å². The van der Waals surface area contributed by atoms with Crippen LogP contribution >= 0.6 is 23.2 Å². The molecule has 2 fully saturated rings. The molecule has 0 aliphatic carbocycles. The SMILES string of the molecule is O=c1n(CCN2CCOCC2)c2cc(Cl)c(Cl)cc2n1C1CCN(CCc2ccccc2)CC1. The van der Waals surface area contributed by atoms with Crippen LogP contribution in [-0.2, 0) is 17.7 Å². The summed E-state index contributed by atoms with van der Waals surface area (Å²) in [4.78, 5) is 18.5. The highest BCUT2D eigenvalue weighted by Gasteiger charge is 2.26. The van der Waals surface area contributed by atoms with Crippen molar-refractivity contribution >= 4 is 34.2 Å². The number of ether oxygens (including phenoxy) is 1. The van der Waals surface area contributed by atoms with Gasteiger partial charge in [-0.1, -0.05) is 53.5 Å². The number of hydrogen-bond acceptors (Lipinski definition) is 4. The molecule has 0 N–H and O–H groups in total. The average molecular weight is 503 g/mol. The van der Waals surface area contributed by atoms with E-state index in [-0.39, 0.29) is 11.7 Å². The zero-order chi connectivity index (χ0) is 23.5. The molecule has 182 valence electrons. The summed E-state index contributed by atoms with van der Waals surface area (Å²) in [7, 11) is 0. The fourth-order valence-corrected chi connectivity index (χ4v) is 5.56. The van der Waals surface area contributed by atoms with E-state index in [0.717, 1.165) is 82.8 Å². The van der Waals surface area contributed by atoms with Crippen molar-refractivity contribution in [1.29, 1.82) is 0 Å². The summed E-state index contributed by atoms with van der Waals surface area (Å²) < 4.78 is 9.32. The number of fused-ring (bicyclic) bond motifs is 1. The highest BCUT2D eigenvalue weighted by molar-refractivity contribution is 6.42. The molecule has 2 aliphatic rings. The molecule has 2 aromatic carbocycles. The molecular formula is C26H32Cl2N4O2.